The van der Waals surface area contributed by atoms with Crippen molar-refractivity contribution in [2.75, 3.05) is 14.2 Å². The molecule has 0 bridgehead atoms. The van der Waals surface area contributed by atoms with Crippen molar-refractivity contribution in [1.29, 1.82) is 0 Å². The highest BCUT2D eigenvalue weighted by Crippen LogP contribution is 2.11. The van der Waals surface area contributed by atoms with Gasteiger partial charge in [-0.15, -0.1) is 24.0 Å². The Morgan fingerprint density at radius 1 is 1.00 bits per heavy atom. The molecule has 0 aromatic heterocycles. The van der Waals surface area contributed by atoms with Crippen LogP contribution in [0.2, 0.25) is 0 Å². The van der Waals surface area contributed by atoms with Crippen molar-refractivity contribution in [2.45, 2.75) is 19.7 Å². The fourth-order valence-corrected chi connectivity index (χ4v) is 2.20. The number of rotatable bonds is 6. The van der Waals surface area contributed by atoms with E-state index in [-0.39, 0.29) is 42.2 Å². The highest BCUT2D eigenvalue weighted by atomic mass is 127. The van der Waals surface area contributed by atoms with E-state index in [9.17, 15) is 8.78 Å². The Kier molecular flexibility index (Phi) is 9.36. The van der Waals surface area contributed by atoms with Crippen molar-refractivity contribution in [3.8, 4) is 0 Å². The van der Waals surface area contributed by atoms with Gasteiger partial charge in [0.15, 0.2) is 5.96 Å². The molecule has 4 nitrogen and oxygen atoms in total. The Balaban J connectivity index is 0.00000312. The lowest BCUT2D eigenvalue weighted by Crippen LogP contribution is -2.36. The lowest BCUT2D eigenvalue weighted by Gasteiger charge is -2.13. The molecule has 0 fully saturated rings. The van der Waals surface area contributed by atoms with Crippen LogP contribution in [0.1, 0.15) is 16.7 Å². The van der Waals surface area contributed by atoms with Crippen LogP contribution in [0.5, 0.6) is 0 Å². The Labute approximate surface area is 163 Å². The van der Waals surface area contributed by atoms with E-state index < -0.39 is 0 Å². The van der Waals surface area contributed by atoms with E-state index in [0.717, 1.165) is 11.1 Å². The summed E-state index contributed by atoms with van der Waals surface area (Å²) < 4.78 is 31.5. The summed E-state index contributed by atoms with van der Waals surface area (Å²) in [6, 6.07) is 11.2. The van der Waals surface area contributed by atoms with Crippen LogP contribution in [0.15, 0.2) is 47.5 Å². The van der Waals surface area contributed by atoms with E-state index in [4.69, 9.17) is 4.74 Å². The highest BCUT2D eigenvalue weighted by molar-refractivity contribution is 14.0. The molecule has 0 atom stereocenters. The van der Waals surface area contributed by atoms with Gasteiger partial charge in [-0.2, -0.15) is 0 Å². The van der Waals surface area contributed by atoms with Gasteiger partial charge in [0.05, 0.1) is 6.61 Å². The number of halogens is 3. The first-order chi connectivity index (χ1) is 11.6. The van der Waals surface area contributed by atoms with Crippen LogP contribution in [0, 0.1) is 11.6 Å². The number of methoxy groups -OCH3 is 1. The number of hydrogen-bond acceptors (Lipinski definition) is 2. The van der Waals surface area contributed by atoms with Crippen LogP contribution in [0.4, 0.5) is 8.78 Å². The molecule has 0 amide bonds. The fraction of sp³-hybridized carbons (Fsp3) is 0.278. The van der Waals surface area contributed by atoms with E-state index in [2.05, 4.69) is 15.6 Å². The molecule has 0 heterocycles. The van der Waals surface area contributed by atoms with Gasteiger partial charge in [0.25, 0.3) is 0 Å². The molecule has 0 aliphatic rings. The molecule has 0 unspecified atom stereocenters. The zero-order valence-electron chi connectivity index (χ0n) is 14.2. The summed E-state index contributed by atoms with van der Waals surface area (Å²) in [4.78, 5) is 4.13. The third-order valence-corrected chi connectivity index (χ3v) is 3.47. The second kappa shape index (κ2) is 11.0. The molecule has 0 spiro atoms. The normalized spacial score (nSPS) is 11.0. The van der Waals surface area contributed by atoms with Crippen LogP contribution >= 0.6 is 24.0 Å². The molecule has 2 aromatic rings. The van der Waals surface area contributed by atoms with Crippen LogP contribution in [-0.2, 0) is 24.4 Å². The third-order valence-electron chi connectivity index (χ3n) is 3.47. The predicted octanol–water partition coefficient (Wildman–Crippen LogP) is 3.59. The summed E-state index contributed by atoms with van der Waals surface area (Å²) in [5, 5.41) is 6.30. The van der Waals surface area contributed by atoms with Gasteiger partial charge < -0.3 is 15.4 Å². The molecule has 2 aromatic carbocycles. The molecule has 0 aliphatic carbocycles. The van der Waals surface area contributed by atoms with Gasteiger partial charge in [0, 0.05) is 32.8 Å². The SMILES string of the molecule is CN=C(NCc1ccc(F)cc1)NCc1ccc(F)c(COC)c1.I. The Morgan fingerprint density at radius 3 is 2.20 bits per heavy atom. The Hall–Kier alpha value is -1.74. The molecular formula is C18H22F2IN3O. The van der Waals surface area contributed by atoms with Gasteiger partial charge in [-0.3, -0.25) is 4.99 Å². The maximum atomic E-state index is 13.6. The zero-order valence-corrected chi connectivity index (χ0v) is 16.5. The van der Waals surface area contributed by atoms with E-state index in [1.54, 1.807) is 31.3 Å². The minimum absolute atomic E-state index is 0. The standard InChI is InChI=1S/C18H21F2N3O.HI/c1-21-18(22-10-13-3-6-16(19)7-4-13)23-11-14-5-8-17(20)15(9-14)12-24-2;/h3-9H,10-12H2,1-2H3,(H2,21,22,23);1H. The monoisotopic (exact) mass is 461 g/mol. The van der Waals surface area contributed by atoms with Gasteiger partial charge >= 0.3 is 0 Å². The molecule has 2 N–H and O–H groups in total. The van der Waals surface area contributed by atoms with Crippen LogP contribution in [0.25, 0.3) is 0 Å². The molecule has 0 aliphatic heterocycles. The van der Waals surface area contributed by atoms with Crippen molar-refractivity contribution < 1.29 is 13.5 Å². The van der Waals surface area contributed by atoms with E-state index in [0.29, 0.717) is 24.6 Å². The molecule has 0 radical (unpaired) electrons. The molecule has 25 heavy (non-hydrogen) atoms. The summed E-state index contributed by atoms with van der Waals surface area (Å²) >= 11 is 0. The zero-order chi connectivity index (χ0) is 17.4. The van der Waals surface area contributed by atoms with Gasteiger partial charge in [-0.1, -0.05) is 18.2 Å². The lowest BCUT2D eigenvalue weighted by molar-refractivity contribution is 0.181. The number of aliphatic imine (C=N–C) groups is 1. The largest absolute Gasteiger partial charge is 0.380 e. The second-order valence-electron chi connectivity index (χ2n) is 5.26. The molecular weight excluding hydrogens is 439 g/mol. The van der Waals surface area contributed by atoms with Crippen LogP contribution in [0.3, 0.4) is 0 Å². The summed E-state index contributed by atoms with van der Waals surface area (Å²) in [5.74, 6) is 0.0702. The fourth-order valence-electron chi connectivity index (χ4n) is 2.20. The van der Waals surface area contributed by atoms with Crippen molar-refractivity contribution in [2.24, 2.45) is 4.99 Å². The Morgan fingerprint density at radius 2 is 1.60 bits per heavy atom. The third kappa shape index (κ3) is 6.95. The average molecular weight is 461 g/mol. The minimum atomic E-state index is -0.278. The lowest BCUT2D eigenvalue weighted by atomic mass is 10.1. The van der Waals surface area contributed by atoms with Crippen molar-refractivity contribution in [3.05, 3.63) is 70.8 Å². The van der Waals surface area contributed by atoms with E-state index in [1.165, 1.54) is 25.3 Å². The van der Waals surface area contributed by atoms with Crippen molar-refractivity contribution in [3.63, 3.8) is 0 Å². The summed E-state index contributed by atoms with van der Waals surface area (Å²) in [6.45, 7) is 1.26. The first kappa shape index (κ1) is 21.3. The molecule has 7 heteroatoms. The first-order valence-corrected chi connectivity index (χ1v) is 7.57. The quantitative estimate of drug-likeness (QED) is 0.393. The van der Waals surface area contributed by atoms with Crippen molar-refractivity contribution in [1.82, 2.24) is 10.6 Å². The number of nitrogens with one attached hydrogen (secondary N) is 2. The van der Waals surface area contributed by atoms with E-state index in [1.807, 2.05) is 0 Å². The maximum Gasteiger partial charge on any atom is 0.191 e. The summed E-state index contributed by atoms with van der Waals surface area (Å²) in [6.07, 6.45) is 0. The average Bonchev–Trinajstić information content (AvgIpc) is 2.59. The topological polar surface area (TPSA) is 45.7 Å². The molecule has 0 saturated heterocycles. The highest BCUT2D eigenvalue weighted by Gasteiger charge is 2.05. The number of guanidine groups is 1. The van der Waals surface area contributed by atoms with Gasteiger partial charge in [0.2, 0.25) is 0 Å². The number of nitrogens with zero attached hydrogens (tertiary/aromatic N) is 1. The number of benzene rings is 2. The second-order valence-corrected chi connectivity index (χ2v) is 5.26. The van der Waals surface area contributed by atoms with E-state index >= 15 is 0 Å². The first-order valence-electron chi connectivity index (χ1n) is 7.57. The van der Waals surface area contributed by atoms with Crippen molar-refractivity contribution >= 4 is 29.9 Å². The summed E-state index contributed by atoms with van der Waals surface area (Å²) in [5.41, 5.74) is 2.39. The number of ether oxygens (including phenoxy) is 1. The molecule has 2 rings (SSSR count). The van der Waals surface area contributed by atoms with Gasteiger partial charge in [0.1, 0.15) is 11.6 Å². The molecule has 0 saturated carbocycles. The van der Waals surface area contributed by atoms with Crippen LogP contribution < -0.4 is 10.6 Å². The smallest absolute Gasteiger partial charge is 0.191 e. The summed E-state index contributed by atoms with van der Waals surface area (Å²) in [7, 11) is 3.20. The van der Waals surface area contributed by atoms with Gasteiger partial charge in [-0.05, 0) is 35.4 Å². The maximum absolute atomic E-state index is 13.6. The van der Waals surface area contributed by atoms with Crippen LogP contribution in [-0.4, -0.2) is 20.1 Å². The Bertz CT molecular complexity index is 693. The predicted molar refractivity (Wildman–Crippen MR) is 106 cm³/mol. The van der Waals surface area contributed by atoms with Gasteiger partial charge in [-0.25, -0.2) is 8.78 Å². The number of hydrogen-bond donors (Lipinski definition) is 2. The minimum Gasteiger partial charge on any atom is -0.380 e. The molecule has 136 valence electrons.